The van der Waals surface area contributed by atoms with Crippen molar-refractivity contribution in [3.63, 3.8) is 0 Å². The summed E-state index contributed by atoms with van der Waals surface area (Å²) >= 11 is 5.95. The van der Waals surface area contributed by atoms with E-state index >= 15 is 0 Å². The predicted octanol–water partition coefficient (Wildman–Crippen LogP) is 4.51. The molecule has 2 aromatic carbocycles. The van der Waals surface area contributed by atoms with Gasteiger partial charge in [0.25, 0.3) is 0 Å². The van der Waals surface area contributed by atoms with Crippen molar-refractivity contribution in [3.8, 4) is 22.8 Å². The van der Waals surface area contributed by atoms with E-state index in [-0.39, 0.29) is 0 Å². The second kappa shape index (κ2) is 8.74. The molecule has 6 heteroatoms. The van der Waals surface area contributed by atoms with Crippen molar-refractivity contribution in [2.75, 3.05) is 27.3 Å². The highest BCUT2D eigenvalue weighted by Gasteiger charge is 2.09. The number of ether oxygens (including phenoxy) is 2. The van der Waals surface area contributed by atoms with E-state index in [0.717, 1.165) is 29.4 Å². The summed E-state index contributed by atoms with van der Waals surface area (Å²) in [4.78, 5) is 6.45. The van der Waals surface area contributed by atoms with Gasteiger partial charge in [-0.1, -0.05) is 17.7 Å². The lowest BCUT2D eigenvalue weighted by atomic mass is 10.2. The number of hydrogen-bond acceptors (Lipinski definition) is 5. The molecule has 0 fully saturated rings. The second-order valence-corrected chi connectivity index (χ2v) is 6.33. The maximum absolute atomic E-state index is 5.95. The van der Waals surface area contributed by atoms with Gasteiger partial charge in [-0.15, -0.1) is 0 Å². The minimum atomic E-state index is 0.558. The Kier molecular flexibility index (Phi) is 6.15. The number of likely N-dealkylation sites (N-methyl/N-ethyl adjacent to an activating group) is 1. The molecular formula is C20H21ClN2O3. The lowest BCUT2D eigenvalue weighted by molar-refractivity contribution is 0.220. The molecule has 0 bridgehead atoms. The number of nitrogens with zero attached hydrogens (tertiary/aromatic N) is 2. The molecule has 0 aliphatic heterocycles. The van der Waals surface area contributed by atoms with Crippen LogP contribution in [0, 0.1) is 0 Å². The van der Waals surface area contributed by atoms with Crippen molar-refractivity contribution in [3.05, 3.63) is 65.6 Å². The van der Waals surface area contributed by atoms with E-state index in [4.69, 9.17) is 25.5 Å². The molecule has 1 heterocycles. The summed E-state index contributed by atoms with van der Waals surface area (Å²) in [6.45, 7) is 1.91. The zero-order valence-electron chi connectivity index (χ0n) is 14.8. The molecule has 0 spiro atoms. The SMILES string of the molecule is COc1ccc(-c2cnc(CN(C)CCOc3cccc(Cl)c3)o2)cc1. The van der Waals surface area contributed by atoms with Crippen molar-refractivity contribution < 1.29 is 13.9 Å². The molecule has 3 rings (SSSR count). The van der Waals surface area contributed by atoms with E-state index in [0.29, 0.717) is 24.1 Å². The number of hydrogen-bond donors (Lipinski definition) is 0. The van der Waals surface area contributed by atoms with Crippen LogP contribution in [0.25, 0.3) is 11.3 Å². The van der Waals surface area contributed by atoms with E-state index < -0.39 is 0 Å². The lowest BCUT2D eigenvalue weighted by Crippen LogP contribution is -2.24. The number of methoxy groups -OCH3 is 1. The largest absolute Gasteiger partial charge is 0.497 e. The van der Waals surface area contributed by atoms with Crippen LogP contribution in [0.5, 0.6) is 11.5 Å². The van der Waals surface area contributed by atoms with Crippen LogP contribution in [-0.4, -0.2) is 37.2 Å². The molecular weight excluding hydrogens is 352 g/mol. The first-order chi connectivity index (χ1) is 12.6. The fourth-order valence-corrected chi connectivity index (χ4v) is 2.64. The van der Waals surface area contributed by atoms with Gasteiger partial charge in [0, 0.05) is 17.1 Å². The van der Waals surface area contributed by atoms with Crippen LogP contribution < -0.4 is 9.47 Å². The van der Waals surface area contributed by atoms with Gasteiger partial charge in [-0.2, -0.15) is 0 Å². The van der Waals surface area contributed by atoms with Gasteiger partial charge < -0.3 is 13.9 Å². The van der Waals surface area contributed by atoms with Gasteiger partial charge in [0.15, 0.2) is 5.76 Å². The normalized spacial score (nSPS) is 10.9. The van der Waals surface area contributed by atoms with Gasteiger partial charge >= 0.3 is 0 Å². The smallest absolute Gasteiger partial charge is 0.209 e. The predicted molar refractivity (Wildman–Crippen MR) is 102 cm³/mol. The number of aromatic nitrogens is 1. The molecule has 0 saturated heterocycles. The highest BCUT2D eigenvalue weighted by atomic mass is 35.5. The molecule has 0 aliphatic carbocycles. The molecule has 0 saturated carbocycles. The highest BCUT2D eigenvalue weighted by Crippen LogP contribution is 2.23. The lowest BCUT2D eigenvalue weighted by Gasteiger charge is -2.15. The third kappa shape index (κ3) is 5.00. The summed E-state index contributed by atoms with van der Waals surface area (Å²) in [6, 6.07) is 15.1. The third-order valence-electron chi connectivity index (χ3n) is 3.87. The molecule has 5 nitrogen and oxygen atoms in total. The Morgan fingerprint density at radius 1 is 1.12 bits per heavy atom. The summed E-state index contributed by atoms with van der Waals surface area (Å²) in [5.74, 6) is 2.99. The van der Waals surface area contributed by atoms with Gasteiger partial charge in [0.2, 0.25) is 5.89 Å². The molecule has 136 valence electrons. The molecule has 26 heavy (non-hydrogen) atoms. The van der Waals surface area contributed by atoms with Crippen LogP contribution in [0.1, 0.15) is 5.89 Å². The van der Waals surface area contributed by atoms with Crippen LogP contribution >= 0.6 is 11.6 Å². The molecule has 0 amide bonds. The first-order valence-electron chi connectivity index (χ1n) is 8.30. The summed E-state index contributed by atoms with van der Waals surface area (Å²) in [7, 11) is 3.64. The van der Waals surface area contributed by atoms with Crippen LogP contribution in [0.3, 0.4) is 0 Å². The van der Waals surface area contributed by atoms with Crippen LogP contribution in [0.4, 0.5) is 0 Å². The Bertz CT molecular complexity index is 833. The number of rotatable bonds is 8. The average molecular weight is 373 g/mol. The monoisotopic (exact) mass is 372 g/mol. The van der Waals surface area contributed by atoms with Crippen LogP contribution in [0.15, 0.2) is 59.1 Å². The Morgan fingerprint density at radius 2 is 1.92 bits per heavy atom. The first-order valence-corrected chi connectivity index (χ1v) is 8.68. The van der Waals surface area contributed by atoms with E-state index in [1.165, 1.54) is 0 Å². The first kappa shape index (κ1) is 18.3. The Labute approximate surface area is 158 Å². The summed E-state index contributed by atoms with van der Waals surface area (Å²) in [5.41, 5.74) is 0.969. The van der Waals surface area contributed by atoms with E-state index in [2.05, 4.69) is 9.88 Å². The van der Waals surface area contributed by atoms with Crippen LogP contribution in [0.2, 0.25) is 5.02 Å². The molecule has 1 aromatic heterocycles. The van der Waals surface area contributed by atoms with Crippen LogP contribution in [-0.2, 0) is 6.54 Å². The molecule has 3 aromatic rings. The molecule has 0 atom stereocenters. The Balaban J connectivity index is 1.50. The van der Waals surface area contributed by atoms with Crippen molar-refractivity contribution in [1.82, 2.24) is 9.88 Å². The summed E-state index contributed by atoms with van der Waals surface area (Å²) in [6.07, 6.45) is 1.74. The van der Waals surface area contributed by atoms with Gasteiger partial charge in [-0.25, -0.2) is 4.98 Å². The molecule has 0 aliphatic rings. The highest BCUT2D eigenvalue weighted by molar-refractivity contribution is 6.30. The molecule has 0 radical (unpaired) electrons. The number of halogens is 1. The Hall–Kier alpha value is -2.50. The minimum Gasteiger partial charge on any atom is -0.497 e. The quantitative estimate of drug-likeness (QED) is 0.582. The van der Waals surface area contributed by atoms with E-state index in [9.17, 15) is 0 Å². The van der Waals surface area contributed by atoms with Crippen molar-refractivity contribution >= 4 is 11.6 Å². The van der Waals surface area contributed by atoms with Gasteiger partial charge in [-0.05, 0) is 49.5 Å². The van der Waals surface area contributed by atoms with Crippen molar-refractivity contribution in [2.45, 2.75) is 6.54 Å². The van der Waals surface area contributed by atoms with E-state index in [1.807, 2.05) is 49.5 Å². The fourth-order valence-electron chi connectivity index (χ4n) is 2.46. The average Bonchev–Trinajstić information content (AvgIpc) is 3.10. The second-order valence-electron chi connectivity index (χ2n) is 5.89. The van der Waals surface area contributed by atoms with Crippen molar-refractivity contribution in [2.24, 2.45) is 0 Å². The summed E-state index contributed by atoms with van der Waals surface area (Å²) in [5, 5.41) is 0.668. The zero-order valence-corrected chi connectivity index (χ0v) is 15.6. The van der Waals surface area contributed by atoms with E-state index in [1.54, 1.807) is 19.4 Å². The maximum Gasteiger partial charge on any atom is 0.209 e. The van der Waals surface area contributed by atoms with Gasteiger partial charge in [0.05, 0.1) is 19.9 Å². The maximum atomic E-state index is 5.95. The zero-order chi connectivity index (χ0) is 18.4. The van der Waals surface area contributed by atoms with Crippen molar-refractivity contribution in [1.29, 1.82) is 0 Å². The minimum absolute atomic E-state index is 0.558. The standard InChI is InChI=1S/C20H21ClN2O3/c1-23(10-11-25-18-5-3-4-16(21)12-18)14-20-22-13-19(26-20)15-6-8-17(24-2)9-7-15/h3-9,12-13H,10-11,14H2,1-2H3. The number of oxazole rings is 1. The summed E-state index contributed by atoms with van der Waals surface area (Å²) < 4.78 is 16.7. The topological polar surface area (TPSA) is 47.7 Å². The number of benzene rings is 2. The molecule has 0 unspecified atom stereocenters. The van der Waals surface area contributed by atoms with Gasteiger partial charge in [0.1, 0.15) is 18.1 Å². The molecule has 0 N–H and O–H groups in total. The van der Waals surface area contributed by atoms with Gasteiger partial charge in [-0.3, -0.25) is 4.90 Å². The Morgan fingerprint density at radius 3 is 2.65 bits per heavy atom. The fraction of sp³-hybridized carbons (Fsp3) is 0.250. The third-order valence-corrected chi connectivity index (χ3v) is 4.11.